The number of aromatic nitrogens is 1. The molecule has 12 heteroatoms. The molecule has 0 aliphatic carbocycles. The van der Waals surface area contributed by atoms with Crippen molar-refractivity contribution >= 4 is 57.8 Å². The predicted octanol–water partition coefficient (Wildman–Crippen LogP) is 5.25. The van der Waals surface area contributed by atoms with E-state index >= 15 is 0 Å². The molecule has 0 spiro atoms. The van der Waals surface area contributed by atoms with Crippen LogP contribution >= 0.6 is 7.92 Å². The molecule has 10 nitrogen and oxygen atoms in total. The lowest BCUT2D eigenvalue weighted by Gasteiger charge is -2.19. The smallest absolute Gasteiger partial charge is 0.295 e. The summed E-state index contributed by atoms with van der Waals surface area (Å²) in [6.45, 7) is 2.46. The van der Waals surface area contributed by atoms with E-state index in [1.165, 1.54) is 46.5 Å². The van der Waals surface area contributed by atoms with E-state index in [1.807, 2.05) is 31.2 Å². The number of hydrogen-bond acceptors (Lipinski definition) is 7. The first-order chi connectivity index (χ1) is 24.2. The highest BCUT2D eigenvalue weighted by Crippen LogP contribution is 2.32. The number of carbonyl (C=O) groups excluding carboxylic acids is 2. The molecule has 4 N–H and O–H groups in total. The van der Waals surface area contributed by atoms with Crippen molar-refractivity contribution in [3.05, 3.63) is 144 Å². The van der Waals surface area contributed by atoms with E-state index in [9.17, 15) is 22.6 Å². The van der Waals surface area contributed by atoms with E-state index in [4.69, 9.17) is 0 Å². The molecule has 1 aromatic heterocycles. The van der Waals surface area contributed by atoms with Gasteiger partial charge in [-0.25, -0.2) is 4.98 Å². The minimum absolute atomic E-state index is 0.0832. The second kappa shape index (κ2) is 17.4. The molecule has 0 fully saturated rings. The summed E-state index contributed by atoms with van der Waals surface area (Å²) in [5.41, 5.74) is 3.88. The molecule has 5 aromatic rings. The Morgan fingerprint density at radius 3 is 2.00 bits per heavy atom. The summed E-state index contributed by atoms with van der Waals surface area (Å²) in [6.07, 6.45) is 5.00. The number of amides is 2. The van der Waals surface area contributed by atoms with Gasteiger partial charge in [0, 0.05) is 29.9 Å². The summed E-state index contributed by atoms with van der Waals surface area (Å²) < 4.78 is 32.4. The van der Waals surface area contributed by atoms with Crippen molar-refractivity contribution in [2.75, 3.05) is 12.0 Å². The Hall–Kier alpha value is -5.22. The van der Waals surface area contributed by atoms with Gasteiger partial charge in [-0.1, -0.05) is 91.0 Å². The fraction of sp³-hybridized carbons (Fsp3) is 0.158. The maximum atomic E-state index is 12.8. The van der Waals surface area contributed by atoms with Gasteiger partial charge in [-0.15, -0.1) is 0 Å². The van der Waals surface area contributed by atoms with Crippen molar-refractivity contribution in [1.29, 1.82) is 0 Å². The molecule has 0 saturated heterocycles. The van der Waals surface area contributed by atoms with Crippen LogP contribution in [0.2, 0.25) is 0 Å². The van der Waals surface area contributed by atoms with Gasteiger partial charge in [-0.2, -0.15) is 13.5 Å². The highest BCUT2D eigenvalue weighted by molar-refractivity contribution is 7.86. The van der Waals surface area contributed by atoms with Crippen LogP contribution in [0.1, 0.15) is 52.5 Å². The van der Waals surface area contributed by atoms with Crippen LogP contribution in [0.15, 0.2) is 138 Å². The fourth-order valence-electron chi connectivity index (χ4n) is 5.21. The molecule has 1 heterocycles. The lowest BCUT2D eigenvalue weighted by atomic mass is 10.1. The zero-order chi connectivity index (χ0) is 35.3. The summed E-state index contributed by atoms with van der Waals surface area (Å²) in [5.74, 6) is -0.0274. The van der Waals surface area contributed by atoms with E-state index in [-0.39, 0.29) is 28.3 Å². The standard InChI is InChI=1S/C38H38N5O5PS/c1-28(42-38(45)31-21-24-36(40-26-31)43-41-27-30-13-8-9-18-35(30)50(46,47)48)12-10-11-25-39-37(44)29-19-22-34(23-20-29)49(32-14-4-2-5-15-32)33-16-6-3-7-17-33/h2-9,13-24,26-28H,10-12,25H2,1H3,(H,39,44)(H,40,43)(H,42,45)(H,46,47,48). The molecule has 256 valence electrons. The lowest BCUT2D eigenvalue weighted by Crippen LogP contribution is -2.32. The van der Waals surface area contributed by atoms with E-state index in [2.05, 4.69) is 86.8 Å². The van der Waals surface area contributed by atoms with Crippen LogP contribution in [0.25, 0.3) is 0 Å². The largest absolute Gasteiger partial charge is 0.352 e. The van der Waals surface area contributed by atoms with Gasteiger partial charge in [0.25, 0.3) is 21.9 Å². The molecule has 2 amide bonds. The molecule has 50 heavy (non-hydrogen) atoms. The molecular formula is C38H38N5O5PS. The number of hydrazone groups is 1. The lowest BCUT2D eigenvalue weighted by molar-refractivity contribution is 0.0936. The van der Waals surface area contributed by atoms with Crippen LogP contribution in [0.4, 0.5) is 5.82 Å². The van der Waals surface area contributed by atoms with Crippen LogP contribution in [0, 0.1) is 0 Å². The van der Waals surface area contributed by atoms with Crippen molar-refractivity contribution in [2.24, 2.45) is 5.10 Å². The second-order valence-corrected chi connectivity index (χ2v) is 15.1. The van der Waals surface area contributed by atoms with Gasteiger partial charge in [0.2, 0.25) is 0 Å². The van der Waals surface area contributed by atoms with Crippen molar-refractivity contribution in [3.8, 4) is 0 Å². The zero-order valence-electron chi connectivity index (χ0n) is 27.4. The second-order valence-electron chi connectivity index (χ2n) is 11.5. The molecule has 0 saturated carbocycles. The van der Waals surface area contributed by atoms with Crippen molar-refractivity contribution in [1.82, 2.24) is 15.6 Å². The molecule has 4 aromatic carbocycles. The SMILES string of the molecule is CC(CCCCNC(=O)c1ccc(P(c2ccccc2)c2ccccc2)cc1)NC(=O)c1ccc(NN=Cc2ccccc2S(=O)(=O)O)nc1. The highest BCUT2D eigenvalue weighted by Gasteiger charge is 2.17. The van der Waals surface area contributed by atoms with Crippen molar-refractivity contribution < 1.29 is 22.6 Å². The maximum absolute atomic E-state index is 12.8. The quantitative estimate of drug-likeness (QED) is 0.0382. The van der Waals surface area contributed by atoms with Gasteiger partial charge in [0.15, 0.2) is 0 Å². The monoisotopic (exact) mass is 707 g/mol. The van der Waals surface area contributed by atoms with Crippen LogP contribution in [-0.4, -0.2) is 48.6 Å². The average Bonchev–Trinajstić information content (AvgIpc) is 3.13. The first-order valence-electron chi connectivity index (χ1n) is 16.1. The normalized spacial score (nSPS) is 12.1. The first-order valence-corrected chi connectivity index (χ1v) is 18.9. The third kappa shape index (κ3) is 10.1. The van der Waals surface area contributed by atoms with E-state index < -0.39 is 18.0 Å². The Bertz CT molecular complexity index is 1970. The van der Waals surface area contributed by atoms with E-state index in [1.54, 1.807) is 18.2 Å². The topological polar surface area (TPSA) is 150 Å². The van der Waals surface area contributed by atoms with E-state index in [0.717, 1.165) is 19.3 Å². The van der Waals surface area contributed by atoms with Gasteiger partial charge in [0.1, 0.15) is 10.7 Å². The number of rotatable bonds is 15. The molecule has 1 atom stereocenters. The van der Waals surface area contributed by atoms with Crippen LogP contribution < -0.4 is 32.0 Å². The molecule has 0 aliphatic heterocycles. The van der Waals surface area contributed by atoms with Crippen LogP contribution in [0.5, 0.6) is 0 Å². The molecule has 5 rings (SSSR count). The van der Waals surface area contributed by atoms with Gasteiger partial charge in [0.05, 0.1) is 11.8 Å². The number of carbonyl (C=O) groups is 2. The van der Waals surface area contributed by atoms with Crippen LogP contribution in [-0.2, 0) is 10.1 Å². The molecular weight excluding hydrogens is 669 g/mol. The van der Waals surface area contributed by atoms with E-state index in [0.29, 0.717) is 23.5 Å². The van der Waals surface area contributed by atoms with Gasteiger partial charge >= 0.3 is 0 Å². The summed E-state index contributed by atoms with van der Waals surface area (Å²) in [5, 5.41) is 13.6. The van der Waals surface area contributed by atoms with Gasteiger partial charge < -0.3 is 10.6 Å². The Morgan fingerprint density at radius 2 is 1.38 bits per heavy atom. The third-order valence-electron chi connectivity index (χ3n) is 7.75. The summed E-state index contributed by atoms with van der Waals surface area (Å²) in [4.78, 5) is 29.5. The number of unbranched alkanes of at least 4 members (excludes halogenated alkanes) is 1. The summed E-state index contributed by atoms with van der Waals surface area (Å²) in [6, 6.07) is 37.7. The number of hydrogen-bond donors (Lipinski definition) is 4. The van der Waals surface area contributed by atoms with Gasteiger partial charge in [-0.3, -0.25) is 19.6 Å². The summed E-state index contributed by atoms with van der Waals surface area (Å²) >= 11 is 0. The molecule has 0 bridgehead atoms. The Kier molecular flexibility index (Phi) is 12.6. The third-order valence-corrected chi connectivity index (χ3v) is 11.1. The summed E-state index contributed by atoms with van der Waals surface area (Å²) in [7, 11) is -5.12. The maximum Gasteiger partial charge on any atom is 0.295 e. The molecule has 1 unspecified atom stereocenters. The number of nitrogens with one attached hydrogen (secondary N) is 3. The number of pyridine rings is 1. The number of nitrogens with zero attached hydrogens (tertiary/aromatic N) is 2. The highest BCUT2D eigenvalue weighted by atomic mass is 32.2. The van der Waals surface area contributed by atoms with Crippen molar-refractivity contribution in [2.45, 2.75) is 37.1 Å². The Morgan fingerprint density at radius 1 is 0.780 bits per heavy atom. The first kappa shape index (κ1) is 36.1. The van der Waals surface area contributed by atoms with Crippen molar-refractivity contribution in [3.63, 3.8) is 0 Å². The minimum atomic E-state index is -4.39. The van der Waals surface area contributed by atoms with Crippen LogP contribution in [0.3, 0.4) is 0 Å². The molecule has 0 radical (unpaired) electrons. The molecule has 0 aliphatic rings. The minimum Gasteiger partial charge on any atom is -0.352 e. The predicted molar refractivity (Wildman–Crippen MR) is 200 cm³/mol. The fourth-order valence-corrected chi connectivity index (χ4v) is 8.16. The van der Waals surface area contributed by atoms with Gasteiger partial charge in [-0.05, 0) is 80.4 Å². The number of anilines is 1. The Labute approximate surface area is 293 Å². The Balaban J connectivity index is 1.03. The average molecular weight is 708 g/mol. The number of benzene rings is 4. The zero-order valence-corrected chi connectivity index (χ0v) is 29.1.